The van der Waals surface area contributed by atoms with Crippen molar-refractivity contribution in [1.29, 1.82) is 0 Å². The van der Waals surface area contributed by atoms with Gasteiger partial charge in [-0.15, -0.1) is 0 Å². The van der Waals surface area contributed by atoms with Gasteiger partial charge in [-0.3, -0.25) is 10.1 Å². The molecule has 174 valence electrons. The number of benzene rings is 3. The van der Waals surface area contributed by atoms with Crippen molar-refractivity contribution in [3.63, 3.8) is 0 Å². The van der Waals surface area contributed by atoms with Crippen LogP contribution in [0.25, 0.3) is 22.6 Å². The maximum atomic E-state index is 12.6. The molecule has 0 aliphatic heterocycles. The molecule has 0 saturated heterocycles. The molecule has 0 radical (unpaired) electrons. The molecule has 0 bridgehead atoms. The smallest absolute Gasteiger partial charge is 0.257 e. The summed E-state index contributed by atoms with van der Waals surface area (Å²) in [7, 11) is 1.61. The van der Waals surface area contributed by atoms with Crippen LogP contribution in [0.2, 0.25) is 0 Å². The van der Waals surface area contributed by atoms with E-state index in [1.807, 2.05) is 48.5 Å². The predicted molar refractivity (Wildman–Crippen MR) is 136 cm³/mol. The Balaban J connectivity index is 1.42. The number of oxazole rings is 1. The fourth-order valence-electron chi connectivity index (χ4n) is 3.22. The SMILES string of the molecule is COc1ccc2oc(-c3cccc(NC(=S)NC(=O)c4cccc(OCC(C)C)c4)c3)nc2c1. The number of hydrogen-bond acceptors (Lipinski definition) is 6. The number of rotatable bonds is 7. The molecule has 0 unspecified atom stereocenters. The predicted octanol–water partition coefficient (Wildman–Crippen LogP) is 5.67. The van der Waals surface area contributed by atoms with E-state index in [2.05, 4.69) is 29.5 Å². The van der Waals surface area contributed by atoms with Crippen LogP contribution in [0.15, 0.2) is 71.1 Å². The van der Waals surface area contributed by atoms with Crippen LogP contribution in [0.1, 0.15) is 24.2 Å². The van der Waals surface area contributed by atoms with Crippen molar-refractivity contribution in [3.8, 4) is 23.0 Å². The molecule has 0 spiro atoms. The number of anilines is 1. The quantitative estimate of drug-likeness (QED) is 0.333. The highest BCUT2D eigenvalue weighted by Crippen LogP contribution is 2.28. The second-order valence-corrected chi connectivity index (χ2v) is 8.48. The van der Waals surface area contributed by atoms with E-state index in [4.69, 9.17) is 26.1 Å². The average Bonchev–Trinajstić information content (AvgIpc) is 3.26. The van der Waals surface area contributed by atoms with Gasteiger partial charge >= 0.3 is 0 Å². The molecule has 0 atom stereocenters. The minimum atomic E-state index is -0.323. The van der Waals surface area contributed by atoms with Crippen LogP contribution in [0.3, 0.4) is 0 Å². The maximum absolute atomic E-state index is 12.6. The molecule has 1 aromatic heterocycles. The summed E-state index contributed by atoms with van der Waals surface area (Å²) in [5, 5.41) is 5.92. The number of carbonyl (C=O) groups is 1. The van der Waals surface area contributed by atoms with Crippen LogP contribution in [-0.4, -0.2) is 29.7 Å². The first-order valence-electron chi connectivity index (χ1n) is 10.8. The van der Waals surface area contributed by atoms with Gasteiger partial charge in [0.2, 0.25) is 5.89 Å². The summed E-state index contributed by atoms with van der Waals surface area (Å²) >= 11 is 5.34. The zero-order valence-electron chi connectivity index (χ0n) is 19.1. The third kappa shape index (κ3) is 5.71. The maximum Gasteiger partial charge on any atom is 0.257 e. The molecule has 4 aromatic rings. The van der Waals surface area contributed by atoms with Gasteiger partial charge in [0, 0.05) is 22.9 Å². The van der Waals surface area contributed by atoms with Crippen molar-refractivity contribution in [2.45, 2.75) is 13.8 Å². The lowest BCUT2D eigenvalue weighted by Crippen LogP contribution is -2.34. The average molecular weight is 476 g/mol. The lowest BCUT2D eigenvalue weighted by atomic mass is 10.2. The van der Waals surface area contributed by atoms with E-state index >= 15 is 0 Å². The zero-order chi connectivity index (χ0) is 24.1. The Hall–Kier alpha value is -3.91. The molecular weight excluding hydrogens is 450 g/mol. The molecule has 0 aliphatic carbocycles. The standard InChI is InChI=1S/C26H25N3O4S/c1-16(2)15-32-21-9-5-6-17(13-21)24(30)29-26(34)27-19-8-4-7-18(12-19)25-28-22-14-20(31-3)10-11-23(22)33-25/h4-14,16H,15H2,1-3H3,(H2,27,29,30,34). The van der Waals surface area contributed by atoms with Gasteiger partial charge in [0.15, 0.2) is 10.7 Å². The number of hydrogen-bond donors (Lipinski definition) is 2. The third-order valence-electron chi connectivity index (χ3n) is 4.87. The minimum absolute atomic E-state index is 0.179. The monoisotopic (exact) mass is 475 g/mol. The van der Waals surface area contributed by atoms with Gasteiger partial charge in [0.05, 0.1) is 13.7 Å². The van der Waals surface area contributed by atoms with E-state index < -0.39 is 0 Å². The number of fused-ring (bicyclic) bond motifs is 1. The molecule has 34 heavy (non-hydrogen) atoms. The fraction of sp³-hybridized carbons (Fsp3) is 0.192. The highest BCUT2D eigenvalue weighted by molar-refractivity contribution is 7.80. The van der Waals surface area contributed by atoms with Crippen molar-refractivity contribution in [2.75, 3.05) is 19.0 Å². The molecule has 0 fully saturated rings. The summed E-state index contributed by atoms with van der Waals surface area (Å²) in [5.74, 6) is 1.89. The number of amides is 1. The van der Waals surface area contributed by atoms with Gasteiger partial charge in [-0.25, -0.2) is 4.98 Å². The number of methoxy groups -OCH3 is 1. The van der Waals surface area contributed by atoms with Gasteiger partial charge in [-0.2, -0.15) is 0 Å². The van der Waals surface area contributed by atoms with E-state index in [1.165, 1.54) is 0 Å². The van der Waals surface area contributed by atoms with Crippen LogP contribution >= 0.6 is 12.2 Å². The number of carbonyl (C=O) groups excluding carboxylic acids is 1. The first kappa shape index (κ1) is 23.3. The molecule has 2 N–H and O–H groups in total. The van der Waals surface area contributed by atoms with Crippen molar-refractivity contribution in [2.24, 2.45) is 5.92 Å². The largest absolute Gasteiger partial charge is 0.497 e. The van der Waals surface area contributed by atoms with Crippen LogP contribution in [-0.2, 0) is 0 Å². The van der Waals surface area contributed by atoms with Crippen molar-refractivity contribution < 1.29 is 18.7 Å². The Morgan fingerprint density at radius 1 is 1.06 bits per heavy atom. The second-order valence-electron chi connectivity index (χ2n) is 8.07. The van der Waals surface area contributed by atoms with Crippen molar-refractivity contribution in [3.05, 3.63) is 72.3 Å². The first-order valence-corrected chi connectivity index (χ1v) is 11.2. The number of nitrogens with one attached hydrogen (secondary N) is 2. The van der Waals surface area contributed by atoms with Gasteiger partial charge in [0.25, 0.3) is 5.91 Å². The summed E-state index contributed by atoms with van der Waals surface area (Å²) in [5.41, 5.74) is 3.29. The molecule has 0 saturated carbocycles. The topological polar surface area (TPSA) is 85.6 Å². The third-order valence-corrected chi connectivity index (χ3v) is 5.07. The summed E-state index contributed by atoms with van der Waals surface area (Å²) in [6, 6.07) is 19.9. The van der Waals surface area contributed by atoms with Gasteiger partial charge in [-0.1, -0.05) is 26.0 Å². The highest BCUT2D eigenvalue weighted by atomic mass is 32.1. The van der Waals surface area contributed by atoms with Crippen LogP contribution < -0.4 is 20.1 Å². The molecular formula is C26H25N3O4S. The first-order chi connectivity index (χ1) is 16.4. The molecule has 7 nitrogen and oxygen atoms in total. The van der Waals surface area contributed by atoms with Gasteiger partial charge in [0.1, 0.15) is 17.0 Å². The summed E-state index contributed by atoms with van der Waals surface area (Å²) < 4.78 is 16.8. The summed E-state index contributed by atoms with van der Waals surface area (Å²) in [6.45, 7) is 4.71. The number of thiocarbonyl (C=S) groups is 1. The number of aromatic nitrogens is 1. The zero-order valence-corrected chi connectivity index (χ0v) is 19.9. The number of ether oxygens (including phenoxy) is 2. The van der Waals surface area contributed by atoms with Crippen LogP contribution in [0.5, 0.6) is 11.5 Å². The Bertz CT molecular complexity index is 1330. The highest BCUT2D eigenvalue weighted by Gasteiger charge is 2.12. The van der Waals surface area contributed by atoms with E-state index in [9.17, 15) is 4.79 Å². The number of nitrogens with zero attached hydrogens (tertiary/aromatic N) is 1. The molecule has 1 heterocycles. The molecule has 8 heteroatoms. The van der Waals surface area contributed by atoms with Gasteiger partial charge < -0.3 is 19.2 Å². The molecule has 0 aliphatic rings. The van der Waals surface area contributed by atoms with Crippen LogP contribution in [0.4, 0.5) is 5.69 Å². The Morgan fingerprint density at radius 3 is 2.68 bits per heavy atom. The van der Waals surface area contributed by atoms with Gasteiger partial charge in [-0.05, 0) is 66.7 Å². The summed E-state index contributed by atoms with van der Waals surface area (Å²) in [6.07, 6.45) is 0. The minimum Gasteiger partial charge on any atom is -0.497 e. The van der Waals surface area contributed by atoms with E-state index in [0.717, 1.165) is 5.56 Å². The van der Waals surface area contributed by atoms with Crippen LogP contribution in [0, 0.1) is 5.92 Å². The Morgan fingerprint density at radius 2 is 1.88 bits per heavy atom. The van der Waals surface area contributed by atoms with E-state index in [-0.39, 0.29) is 11.0 Å². The Kier molecular flexibility index (Phi) is 7.08. The summed E-state index contributed by atoms with van der Waals surface area (Å²) in [4.78, 5) is 17.2. The fourth-order valence-corrected chi connectivity index (χ4v) is 3.43. The van der Waals surface area contributed by atoms with Crippen molar-refractivity contribution in [1.82, 2.24) is 10.3 Å². The van der Waals surface area contributed by atoms with E-state index in [0.29, 0.717) is 52.3 Å². The van der Waals surface area contributed by atoms with Crippen molar-refractivity contribution >= 4 is 40.0 Å². The normalized spacial score (nSPS) is 10.8. The molecule has 3 aromatic carbocycles. The lowest BCUT2D eigenvalue weighted by Gasteiger charge is -2.12. The van der Waals surface area contributed by atoms with E-state index in [1.54, 1.807) is 25.3 Å². The lowest BCUT2D eigenvalue weighted by molar-refractivity contribution is 0.0977. The Labute approximate surface area is 203 Å². The second kappa shape index (κ2) is 10.4. The molecule has 4 rings (SSSR count). The molecule has 1 amide bonds.